The Labute approximate surface area is 101 Å². The van der Waals surface area contributed by atoms with E-state index in [0.717, 1.165) is 25.4 Å². The molecule has 2 atom stereocenters. The normalized spacial score (nSPS) is 23.9. The highest BCUT2D eigenvalue weighted by atomic mass is 15.2. The number of piperidine rings is 1. The minimum absolute atomic E-state index is 0.199. The Morgan fingerprint density at radius 2 is 2.19 bits per heavy atom. The van der Waals surface area contributed by atoms with Gasteiger partial charge in [0, 0.05) is 6.54 Å². The summed E-state index contributed by atoms with van der Waals surface area (Å²) >= 11 is 0. The molecule has 16 heavy (non-hydrogen) atoms. The van der Waals surface area contributed by atoms with Gasteiger partial charge in [0.05, 0.1) is 12.1 Å². The van der Waals surface area contributed by atoms with Crippen molar-refractivity contribution in [1.29, 1.82) is 5.26 Å². The molecule has 2 heteroatoms. The van der Waals surface area contributed by atoms with E-state index in [1.54, 1.807) is 0 Å². The molecule has 92 valence electrons. The molecule has 1 rings (SSSR count). The molecule has 0 radical (unpaired) electrons. The Kier molecular flexibility index (Phi) is 6.49. The maximum absolute atomic E-state index is 9.13. The Bertz CT molecular complexity index is 219. The zero-order valence-corrected chi connectivity index (χ0v) is 10.9. The van der Waals surface area contributed by atoms with E-state index in [0.29, 0.717) is 0 Å². The third-order valence-electron chi connectivity index (χ3n) is 3.80. The van der Waals surface area contributed by atoms with E-state index >= 15 is 0 Å². The largest absolute Gasteiger partial charge is 0.288 e. The minimum Gasteiger partial charge on any atom is -0.288 e. The molecule has 1 heterocycles. The first-order valence-electron chi connectivity index (χ1n) is 6.95. The van der Waals surface area contributed by atoms with Crippen LogP contribution in [0.5, 0.6) is 0 Å². The van der Waals surface area contributed by atoms with E-state index in [1.165, 1.54) is 38.5 Å². The van der Waals surface area contributed by atoms with E-state index in [9.17, 15) is 0 Å². The predicted molar refractivity (Wildman–Crippen MR) is 68.1 cm³/mol. The van der Waals surface area contributed by atoms with Crippen LogP contribution >= 0.6 is 0 Å². The lowest BCUT2D eigenvalue weighted by atomic mass is 9.95. The average molecular weight is 222 g/mol. The molecule has 0 aliphatic carbocycles. The van der Waals surface area contributed by atoms with Crippen molar-refractivity contribution in [2.24, 2.45) is 5.92 Å². The smallest absolute Gasteiger partial charge is 0.0978 e. The van der Waals surface area contributed by atoms with Crippen LogP contribution in [0.1, 0.15) is 58.8 Å². The van der Waals surface area contributed by atoms with E-state index in [2.05, 4.69) is 24.8 Å². The lowest BCUT2D eigenvalue weighted by Gasteiger charge is -2.34. The van der Waals surface area contributed by atoms with Gasteiger partial charge in [0.2, 0.25) is 0 Å². The quantitative estimate of drug-likeness (QED) is 0.687. The van der Waals surface area contributed by atoms with Gasteiger partial charge >= 0.3 is 0 Å². The van der Waals surface area contributed by atoms with E-state index in [-0.39, 0.29) is 6.04 Å². The highest BCUT2D eigenvalue weighted by molar-refractivity contribution is 4.94. The van der Waals surface area contributed by atoms with Gasteiger partial charge in [-0.25, -0.2) is 0 Å². The Morgan fingerprint density at radius 1 is 1.38 bits per heavy atom. The second-order valence-corrected chi connectivity index (χ2v) is 5.05. The molecule has 0 spiro atoms. The molecule has 0 bridgehead atoms. The van der Waals surface area contributed by atoms with Crippen LogP contribution in [0, 0.1) is 17.2 Å². The van der Waals surface area contributed by atoms with Crippen molar-refractivity contribution in [3.05, 3.63) is 0 Å². The fraction of sp³-hybridized carbons (Fsp3) is 0.929. The number of nitriles is 1. The second kappa shape index (κ2) is 7.68. The zero-order valence-electron chi connectivity index (χ0n) is 10.9. The van der Waals surface area contributed by atoms with Crippen LogP contribution in [0.3, 0.4) is 0 Å². The molecule has 0 aromatic carbocycles. The molecular weight excluding hydrogens is 196 g/mol. The van der Waals surface area contributed by atoms with Gasteiger partial charge in [-0.3, -0.25) is 4.90 Å². The summed E-state index contributed by atoms with van der Waals surface area (Å²) in [6, 6.07) is 2.66. The molecule has 0 aromatic rings. The third-order valence-corrected chi connectivity index (χ3v) is 3.80. The van der Waals surface area contributed by atoms with E-state index < -0.39 is 0 Å². The molecule has 0 saturated carbocycles. The molecule has 0 N–H and O–H groups in total. The summed E-state index contributed by atoms with van der Waals surface area (Å²) in [5, 5.41) is 9.13. The first kappa shape index (κ1) is 13.5. The molecule has 1 fully saturated rings. The number of nitrogens with zero attached hydrogens (tertiary/aromatic N) is 2. The lowest BCUT2D eigenvalue weighted by Crippen LogP contribution is -2.41. The van der Waals surface area contributed by atoms with Gasteiger partial charge in [-0.1, -0.05) is 33.1 Å². The summed E-state index contributed by atoms with van der Waals surface area (Å²) in [6.45, 7) is 6.83. The standard InChI is InChI=1S/C14H26N2/c1-3-5-8-13(4-2)12-16-10-7-6-9-14(16)11-15/h13-14H,3-10,12H2,1-2H3. The van der Waals surface area contributed by atoms with Crippen LogP contribution in [0.2, 0.25) is 0 Å². The maximum Gasteiger partial charge on any atom is 0.0978 e. The van der Waals surface area contributed by atoms with Crippen LogP contribution in [-0.2, 0) is 0 Å². The number of hydrogen-bond donors (Lipinski definition) is 0. The molecule has 1 saturated heterocycles. The first-order valence-corrected chi connectivity index (χ1v) is 6.95. The molecular formula is C14H26N2. The molecule has 1 aliphatic rings. The van der Waals surface area contributed by atoms with Gasteiger partial charge in [0.1, 0.15) is 0 Å². The van der Waals surface area contributed by atoms with Gasteiger partial charge in [0.15, 0.2) is 0 Å². The van der Waals surface area contributed by atoms with Gasteiger partial charge < -0.3 is 0 Å². The summed E-state index contributed by atoms with van der Waals surface area (Å²) in [7, 11) is 0. The van der Waals surface area contributed by atoms with Crippen LogP contribution in [0.4, 0.5) is 0 Å². The van der Waals surface area contributed by atoms with Gasteiger partial charge in [-0.15, -0.1) is 0 Å². The summed E-state index contributed by atoms with van der Waals surface area (Å²) in [6.07, 6.45) is 8.82. The third kappa shape index (κ3) is 4.14. The van der Waals surface area contributed by atoms with Crippen LogP contribution in [0.15, 0.2) is 0 Å². The Balaban J connectivity index is 2.39. The number of hydrogen-bond acceptors (Lipinski definition) is 2. The van der Waals surface area contributed by atoms with Crippen molar-refractivity contribution >= 4 is 0 Å². The second-order valence-electron chi connectivity index (χ2n) is 5.05. The summed E-state index contributed by atoms with van der Waals surface area (Å²) in [5.41, 5.74) is 0. The zero-order chi connectivity index (χ0) is 11.8. The molecule has 0 aromatic heterocycles. The summed E-state index contributed by atoms with van der Waals surface area (Å²) < 4.78 is 0. The maximum atomic E-state index is 9.13. The lowest BCUT2D eigenvalue weighted by molar-refractivity contribution is 0.151. The first-order chi connectivity index (χ1) is 7.81. The van der Waals surface area contributed by atoms with Gasteiger partial charge in [0.25, 0.3) is 0 Å². The monoisotopic (exact) mass is 222 g/mol. The fourth-order valence-corrected chi connectivity index (χ4v) is 2.60. The van der Waals surface area contributed by atoms with Crippen molar-refractivity contribution in [2.75, 3.05) is 13.1 Å². The van der Waals surface area contributed by atoms with Crippen molar-refractivity contribution in [3.8, 4) is 6.07 Å². The Hall–Kier alpha value is -0.550. The van der Waals surface area contributed by atoms with E-state index in [4.69, 9.17) is 5.26 Å². The molecule has 1 aliphatic heterocycles. The van der Waals surface area contributed by atoms with Crippen LogP contribution < -0.4 is 0 Å². The van der Waals surface area contributed by atoms with Crippen molar-refractivity contribution < 1.29 is 0 Å². The van der Waals surface area contributed by atoms with Crippen LogP contribution in [-0.4, -0.2) is 24.0 Å². The topological polar surface area (TPSA) is 27.0 Å². The molecule has 0 amide bonds. The summed E-state index contributed by atoms with van der Waals surface area (Å²) in [5.74, 6) is 0.800. The van der Waals surface area contributed by atoms with Gasteiger partial charge in [-0.05, 0) is 38.1 Å². The predicted octanol–water partition coefficient (Wildman–Crippen LogP) is 3.58. The molecule has 2 unspecified atom stereocenters. The van der Waals surface area contributed by atoms with Crippen molar-refractivity contribution in [3.63, 3.8) is 0 Å². The SMILES string of the molecule is CCCCC(CC)CN1CCCCC1C#N. The van der Waals surface area contributed by atoms with Crippen molar-refractivity contribution in [1.82, 2.24) is 4.90 Å². The minimum atomic E-state index is 0.199. The van der Waals surface area contributed by atoms with Crippen LogP contribution in [0.25, 0.3) is 0 Å². The number of rotatable bonds is 6. The van der Waals surface area contributed by atoms with Gasteiger partial charge in [-0.2, -0.15) is 5.26 Å². The Morgan fingerprint density at radius 3 is 2.81 bits per heavy atom. The summed E-state index contributed by atoms with van der Waals surface area (Å²) in [4.78, 5) is 2.42. The number of likely N-dealkylation sites (tertiary alicyclic amines) is 1. The highest BCUT2D eigenvalue weighted by Crippen LogP contribution is 2.21. The van der Waals surface area contributed by atoms with Crippen molar-refractivity contribution in [2.45, 2.75) is 64.8 Å². The molecule has 2 nitrogen and oxygen atoms in total. The fourth-order valence-electron chi connectivity index (χ4n) is 2.60. The number of unbranched alkanes of at least 4 members (excludes halogenated alkanes) is 1. The average Bonchev–Trinajstić information content (AvgIpc) is 2.34. The highest BCUT2D eigenvalue weighted by Gasteiger charge is 2.23. The van der Waals surface area contributed by atoms with E-state index in [1.807, 2.05) is 0 Å².